The van der Waals surface area contributed by atoms with Crippen LogP contribution < -0.4 is 11.0 Å². The summed E-state index contributed by atoms with van der Waals surface area (Å²) in [4.78, 5) is 18.6. The van der Waals surface area contributed by atoms with Crippen molar-refractivity contribution in [2.24, 2.45) is 5.10 Å². The number of para-hydroxylation sites is 2. The second-order valence-electron chi connectivity index (χ2n) is 5.31. The van der Waals surface area contributed by atoms with Crippen molar-refractivity contribution in [3.63, 3.8) is 0 Å². The highest BCUT2D eigenvalue weighted by molar-refractivity contribution is 7.11. The quantitative estimate of drug-likeness (QED) is 0.450. The Bertz CT molecular complexity index is 1090. The third-order valence-electron chi connectivity index (χ3n) is 3.69. The van der Waals surface area contributed by atoms with Crippen LogP contribution in [0.2, 0.25) is 0 Å². The first-order chi connectivity index (χ1) is 12.3. The average Bonchev–Trinajstić information content (AvgIpc) is 3.16. The van der Waals surface area contributed by atoms with Gasteiger partial charge in [0, 0.05) is 4.88 Å². The predicted molar refractivity (Wildman–Crippen MR) is 103 cm³/mol. The van der Waals surface area contributed by atoms with Gasteiger partial charge in [-0.3, -0.25) is 4.79 Å². The molecule has 0 bridgehead atoms. The number of nitrogens with zero attached hydrogens (tertiary/aromatic N) is 3. The minimum atomic E-state index is -0.134. The summed E-state index contributed by atoms with van der Waals surface area (Å²) in [5.74, 6) is 0.378. The molecule has 0 saturated heterocycles. The van der Waals surface area contributed by atoms with Crippen LogP contribution in [0.25, 0.3) is 16.6 Å². The Balaban J connectivity index is 1.85. The molecule has 122 valence electrons. The van der Waals surface area contributed by atoms with E-state index in [2.05, 4.69) is 15.5 Å². The highest BCUT2D eigenvalue weighted by Crippen LogP contribution is 2.16. The topological polar surface area (TPSA) is 59.3 Å². The summed E-state index contributed by atoms with van der Waals surface area (Å²) in [6.07, 6.45) is 1.71. The van der Waals surface area contributed by atoms with E-state index in [1.54, 1.807) is 23.6 Å². The summed E-state index contributed by atoms with van der Waals surface area (Å²) < 4.78 is 1.54. The molecule has 5 nitrogen and oxygen atoms in total. The van der Waals surface area contributed by atoms with Crippen molar-refractivity contribution in [1.29, 1.82) is 0 Å². The van der Waals surface area contributed by atoms with E-state index < -0.39 is 0 Å². The number of hydrogen-bond donors (Lipinski definition) is 1. The van der Waals surface area contributed by atoms with Gasteiger partial charge in [-0.15, -0.1) is 11.3 Å². The fraction of sp³-hybridized carbons (Fsp3) is 0. The molecule has 1 N–H and O–H groups in total. The Kier molecular flexibility index (Phi) is 4.10. The molecular formula is C19H14N4OS. The molecule has 0 aliphatic rings. The molecular weight excluding hydrogens is 332 g/mol. The predicted octanol–water partition coefficient (Wildman–Crippen LogP) is 3.89. The summed E-state index contributed by atoms with van der Waals surface area (Å²) >= 11 is 1.59. The van der Waals surface area contributed by atoms with Crippen LogP contribution in [0.5, 0.6) is 0 Å². The van der Waals surface area contributed by atoms with Gasteiger partial charge in [0.05, 0.1) is 22.8 Å². The van der Waals surface area contributed by atoms with Crippen LogP contribution >= 0.6 is 11.3 Å². The zero-order chi connectivity index (χ0) is 17.1. The fourth-order valence-corrected chi connectivity index (χ4v) is 3.13. The van der Waals surface area contributed by atoms with Gasteiger partial charge in [-0.2, -0.15) is 5.10 Å². The van der Waals surface area contributed by atoms with Gasteiger partial charge in [-0.05, 0) is 35.7 Å². The van der Waals surface area contributed by atoms with E-state index in [0.29, 0.717) is 16.9 Å². The zero-order valence-corrected chi connectivity index (χ0v) is 14.0. The van der Waals surface area contributed by atoms with E-state index in [0.717, 1.165) is 10.6 Å². The number of fused-ring (bicyclic) bond motifs is 1. The first-order valence-electron chi connectivity index (χ1n) is 7.73. The highest BCUT2D eigenvalue weighted by Gasteiger charge is 2.11. The van der Waals surface area contributed by atoms with Gasteiger partial charge in [0.25, 0.3) is 5.56 Å². The molecule has 2 aromatic carbocycles. The van der Waals surface area contributed by atoms with Gasteiger partial charge in [-0.1, -0.05) is 36.4 Å². The van der Waals surface area contributed by atoms with Crippen molar-refractivity contribution in [3.05, 3.63) is 87.3 Å². The van der Waals surface area contributed by atoms with Crippen LogP contribution in [0.4, 0.5) is 5.95 Å². The van der Waals surface area contributed by atoms with E-state index in [4.69, 9.17) is 0 Å². The second-order valence-corrected chi connectivity index (χ2v) is 6.29. The van der Waals surface area contributed by atoms with Crippen LogP contribution in [0.3, 0.4) is 0 Å². The molecule has 0 radical (unpaired) electrons. The number of hydrogen-bond acceptors (Lipinski definition) is 5. The maximum Gasteiger partial charge on any atom is 0.267 e. The number of rotatable bonds is 4. The van der Waals surface area contributed by atoms with Gasteiger partial charge >= 0.3 is 0 Å². The molecule has 0 unspecified atom stereocenters. The van der Waals surface area contributed by atoms with E-state index in [9.17, 15) is 4.79 Å². The van der Waals surface area contributed by atoms with Crippen LogP contribution in [0.1, 0.15) is 4.88 Å². The largest absolute Gasteiger partial charge is 0.268 e. The molecule has 0 saturated carbocycles. The van der Waals surface area contributed by atoms with Crippen LogP contribution in [-0.4, -0.2) is 15.8 Å². The molecule has 2 aromatic heterocycles. The lowest BCUT2D eigenvalue weighted by Gasteiger charge is -2.12. The summed E-state index contributed by atoms with van der Waals surface area (Å²) in [6, 6.07) is 20.6. The fourth-order valence-electron chi connectivity index (χ4n) is 2.54. The molecule has 0 atom stereocenters. The molecule has 6 heteroatoms. The van der Waals surface area contributed by atoms with Crippen LogP contribution in [0.15, 0.2) is 82.0 Å². The minimum absolute atomic E-state index is 0.134. The maximum absolute atomic E-state index is 13.0. The number of benzene rings is 2. The van der Waals surface area contributed by atoms with E-state index >= 15 is 0 Å². The van der Waals surface area contributed by atoms with Crippen molar-refractivity contribution >= 4 is 34.4 Å². The highest BCUT2D eigenvalue weighted by atomic mass is 32.1. The molecule has 0 aliphatic heterocycles. The van der Waals surface area contributed by atoms with Crippen molar-refractivity contribution in [3.8, 4) is 5.69 Å². The first-order valence-corrected chi connectivity index (χ1v) is 8.61. The summed E-state index contributed by atoms with van der Waals surface area (Å²) in [5, 5.41) is 6.78. The molecule has 0 spiro atoms. The maximum atomic E-state index is 13.0. The smallest absolute Gasteiger partial charge is 0.267 e. The van der Waals surface area contributed by atoms with E-state index in [-0.39, 0.29) is 5.56 Å². The monoisotopic (exact) mass is 346 g/mol. The van der Waals surface area contributed by atoms with Crippen LogP contribution in [-0.2, 0) is 0 Å². The van der Waals surface area contributed by atoms with E-state index in [1.807, 2.05) is 66.0 Å². The standard InChI is InChI=1S/C19H14N4OS/c24-18-16-10-4-5-11-17(16)21-19(22-20-13-15-9-6-12-25-15)23(18)14-7-2-1-3-8-14/h1-13H,(H,21,22). The molecule has 0 fully saturated rings. The Morgan fingerprint density at radius 3 is 2.60 bits per heavy atom. The lowest BCUT2D eigenvalue weighted by atomic mass is 10.2. The summed E-state index contributed by atoms with van der Waals surface area (Å²) in [7, 11) is 0. The normalized spacial score (nSPS) is 11.2. The molecule has 4 aromatic rings. The number of thiophene rings is 1. The van der Waals surface area contributed by atoms with Gasteiger partial charge in [0.2, 0.25) is 5.95 Å². The third kappa shape index (κ3) is 3.07. The number of hydrazone groups is 1. The second kappa shape index (κ2) is 6.70. The molecule has 0 aliphatic carbocycles. The third-order valence-corrected chi connectivity index (χ3v) is 4.50. The summed E-state index contributed by atoms with van der Waals surface area (Å²) in [5.41, 5.74) is 4.15. The Morgan fingerprint density at radius 2 is 1.80 bits per heavy atom. The van der Waals surface area contributed by atoms with Gasteiger partial charge < -0.3 is 0 Å². The molecule has 4 rings (SSSR count). The van der Waals surface area contributed by atoms with Gasteiger partial charge in [-0.25, -0.2) is 15.0 Å². The SMILES string of the molecule is O=c1c2ccccc2nc(NN=Cc2cccs2)n1-c1ccccc1. The first kappa shape index (κ1) is 15.3. The van der Waals surface area contributed by atoms with Crippen molar-refractivity contribution in [2.45, 2.75) is 0 Å². The Morgan fingerprint density at radius 1 is 1.00 bits per heavy atom. The van der Waals surface area contributed by atoms with Crippen LogP contribution in [0, 0.1) is 0 Å². The Hall–Kier alpha value is -3.25. The minimum Gasteiger partial charge on any atom is -0.268 e. The number of nitrogens with one attached hydrogen (secondary N) is 1. The lowest BCUT2D eigenvalue weighted by Crippen LogP contribution is -2.22. The molecule has 2 heterocycles. The number of aromatic nitrogens is 2. The zero-order valence-electron chi connectivity index (χ0n) is 13.2. The molecule has 0 amide bonds. The molecule has 25 heavy (non-hydrogen) atoms. The van der Waals surface area contributed by atoms with Gasteiger partial charge in [0.1, 0.15) is 0 Å². The Labute approximate surface area is 147 Å². The van der Waals surface area contributed by atoms with Crippen molar-refractivity contribution < 1.29 is 0 Å². The van der Waals surface area contributed by atoms with Crippen molar-refractivity contribution in [1.82, 2.24) is 9.55 Å². The average molecular weight is 346 g/mol. The summed E-state index contributed by atoms with van der Waals surface area (Å²) in [6.45, 7) is 0. The lowest BCUT2D eigenvalue weighted by molar-refractivity contribution is 0.957. The van der Waals surface area contributed by atoms with Crippen molar-refractivity contribution in [2.75, 3.05) is 5.43 Å². The van der Waals surface area contributed by atoms with E-state index in [1.165, 1.54) is 4.57 Å². The number of anilines is 1. The van der Waals surface area contributed by atoms with Gasteiger partial charge in [0.15, 0.2) is 0 Å².